The minimum Gasteiger partial charge on any atom is -0.790 e. The number of benzene rings is 2. The highest BCUT2D eigenvalue weighted by molar-refractivity contribution is 7.64. The van der Waals surface area contributed by atoms with Crippen LogP contribution in [0.25, 0.3) is 11.2 Å². The van der Waals surface area contributed by atoms with Crippen LogP contribution in [0.2, 0.25) is 0 Å². The Morgan fingerprint density at radius 3 is 1.47 bits per heavy atom. The average molecular weight is 1120 g/mol. The number of nitrogen functional groups attached to an aromatic ring is 1. The molecule has 3 heterocycles. The maximum atomic E-state index is 13.2. The van der Waals surface area contributed by atoms with Gasteiger partial charge < -0.3 is 68.6 Å². The van der Waals surface area contributed by atoms with Gasteiger partial charge in [0.15, 0.2) is 29.6 Å². The number of carbonyl (C=O) groups is 2. The maximum absolute atomic E-state index is 13.2. The number of nitrogens with two attached hydrogens (primary N) is 1. The highest BCUT2D eigenvalue weighted by atomic mass is 31.3. The second-order valence-corrected chi connectivity index (χ2v) is 21.1. The standard InChI is InChI=1S/C24H24N5O15P3.4C6H15N/c25-21-17-22(27-11-26-21)29(12-28-17)23-20(19(31)16(41-23)10-40-46(36,37)44-47(38,39)43-45(33,34)35)42-24(32)15-8-6-14(7-9-15)18(30)13-4-2-1-3-5-13;4*1-4-7(5-2)6-3/h1-9,11-12,16,19-20,23,31H,10H2,(H,36,37)(H,38,39)(H2,25,26,27)(H2,33,34,35);4*4-6H2,1-3H3/t16-,19-,20-,23-;;;;/m1..../s1. The number of nitrogens with zero attached hydrogens (tertiary/aromatic N) is 4. The second-order valence-electron chi connectivity index (χ2n) is 16.8. The summed E-state index contributed by atoms with van der Waals surface area (Å²) in [4.78, 5) is 89.3. The van der Waals surface area contributed by atoms with Crippen molar-refractivity contribution >= 4 is 52.2 Å². The predicted molar refractivity (Wildman–Crippen MR) is 276 cm³/mol. The molecule has 1 fully saturated rings. The van der Waals surface area contributed by atoms with Crippen molar-refractivity contribution in [2.75, 3.05) is 90.9 Å². The zero-order valence-electron chi connectivity index (χ0n) is 45.7. The molecule has 0 spiro atoms. The SMILES string of the molecule is CC[NH+](CC)CC.CC[NH+](CC)CC.CC[NH+](CC)CC.CC[NH+](CC)CC.Nc1ncnc2c1ncn2[C@@H]1O[C@H](COP(=O)([O-])OP(=O)([O-])OP(=O)([O-])[O-])[C@@H](O)[C@H]1OC(=O)c1ccc(C(=O)c2ccccc2)cc1. The largest absolute Gasteiger partial charge is 0.790 e. The number of nitrogens with one attached hydrogen (secondary N) is 4. The summed E-state index contributed by atoms with van der Waals surface area (Å²) in [6.45, 7) is 40.8. The van der Waals surface area contributed by atoms with Crippen molar-refractivity contribution in [1.29, 1.82) is 0 Å². The van der Waals surface area contributed by atoms with E-state index < -0.39 is 60.6 Å². The Labute approximate surface area is 443 Å². The molecule has 2 unspecified atom stereocenters. The van der Waals surface area contributed by atoms with Gasteiger partial charge in [-0.25, -0.2) is 24.1 Å². The van der Waals surface area contributed by atoms with Crippen LogP contribution in [0, 0.1) is 0 Å². The lowest BCUT2D eigenvalue weighted by Gasteiger charge is -2.37. The molecule has 5 rings (SSSR count). The second kappa shape index (κ2) is 35.5. The molecule has 24 nitrogen and oxygen atoms in total. The summed E-state index contributed by atoms with van der Waals surface area (Å²) in [6.07, 6.45) is -4.45. The molecule has 6 atom stereocenters. The van der Waals surface area contributed by atoms with E-state index in [2.05, 4.69) is 111 Å². The lowest BCUT2D eigenvalue weighted by Crippen LogP contribution is -3.11. The number of aromatic nitrogens is 4. The number of hydrogen-bond donors (Lipinski definition) is 6. The van der Waals surface area contributed by atoms with E-state index in [0.29, 0.717) is 5.56 Å². The van der Waals surface area contributed by atoms with Crippen LogP contribution in [0.5, 0.6) is 0 Å². The van der Waals surface area contributed by atoms with Crippen molar-refractivity contribution in [3.8, 4) is 0 Å². The minimum absolute atomic E-state index is 0.0414. The first kappa shape index (κ1) is 69.1. The fraction of sp³-hybridized carbons (Fsp3) is 0.604. The number of carbonyl (C=O) groups excluding carboxylic acids is 2. The summed E-state index contributed by atoms with van der Waals surface area (Å²) in [7, 11) is -18.5. The zero-order chi connectivity index (χ0) is 56.9. The number of aliphatic hydroxyl groups excluding tert-OH is 1. The Morgan fingerprint density at radius 1 is 0.627 bits per heavy atom. The van der Waals surface area contributed by atoms with Crippen LogP contribution in [-0.4, -0.2) is 140 Å². The van der Waals surface area contributed by atoms with Crippen LogP contribution in [0.4, 0.5) is 5.82 Å². The number of hydrogen-bond acceptors (Lipinski definition) is 19. The first-order valence-electron chi connectivity index (χ1n) is 25.6. The molecule has 0 amide bonds. The third-order valence-corrected chi connectivity index (χ3v) is 16.1. The number of phosphoric acid groups is 3. The van der Waals surface area contributed by atoms with Gasteiger partial charge in [-0.2, -0.15) is 0 Å². The number of ketones is 1. The van der Waals surface area contributed by atoms with Crippen LogP contribution in [0.15, 0.2) is 67.3 Å². The zero-order valence-corrected chi connectivity index (χ0v) is 48.4. The molecular formula is C48H84N9O15P3. The number of imidazole rings is 1. The van der Waals surface area contributed by atoms with Crippen molar-refractivity contribution in [1.82, 2.24) is 19.5 Å². The van der Waals surface area contributed by atoms with E-state index in [1.807, 2.05) is 0 Å². The van der Waals surface area contributed by atoms with E-state index in [1.54, 1.807) is 49.9 Å². The molecule has 1 aliphatic heterocycles. The molecular weight excluding hydrogens is 1040 g/mol. The van der Waals surface area contributed by atoms with Crippen LogP contribution in [-0.2, 0) is 36.3 Å². The molecule has 75 heavy (non-hydrogen) atoms. The normalized spacial score (nSPS) is 17.9. The van der Waals surface area contributed by atoms with Gasteiger partial charge in [-0.1, -0.05) is 42.5 Å². The van der Waals surface area contributed by atoms with Gasteiger partial charge >= 0.3 is 5.97 Å². The Balaban J connectivity index is 0.000000815. The number of rotatable bonds is 24. The van der Waals surface area contributed by atoms with Gasteiger partial charge in [-0.15, -0.1) is 0 Å². The molecule has 1 saturated heterocycles. The molecule has 0 radical (unpaired) electrons. The first-order valence-corrected chi connectivity index (χ1v) is 30.0. The first-order chi connectivity index (χ1) is 35.4. The third-order valence-electron chi connectivity index (χ3n) is 12.4. The molecule has 27 heteroatoms. The van der Waals surface area contributed by atoms with Gasteiger partial charge in [-0.3, -0.25) is 22.8 Å². The Bertz CT molecular complexity index is 2300. The number of anilines is 1. The quantitative estimate of drug-likeness (QED) is 0.0269. The van der Waals surface area contributed by atoms with Crippen LogP contribution >= 0.6 is 23.5 Å². The Kier molecular flexibility index (Phi) is 32.7. The van der Waals surface area contributed by atoms with Crippen molar-refractivity contribution in [2.24, 2.45) is 0 Å². The van der Waals surface area contributed by atoms with Crippen LogP contribution in [0.1, 0.15) is 116 Å². The molecule has 7 N–H and O–H groups in total. The van der Waals surface area contributed by atoms with Gasteiger partial charge in [0, 0.05) is 11.1 Å². The molecule has 4 aromatic rings. The molecule has 0 saturated carbocycles. The monoisotopic (exact) mass is 1120 g/mol. The van der Waals surface area contributed by atoms with E-state index in [9.17, 15) is 48.0 Å². The maximum Gasteiger partial charge on any atom is 0.338 e. The van der Waals surface area contributed by atoms with Crippen molar-refractivity contribution in [3.63, 3.8) is 0 Å². The van der Waals surface area contributed by atoms with Crippen molar-refractivity contribution < 1.29 is 90.2 Å². The fourth-order valence-corrected chi connectivity index (χ4v) is 10.3. The highest BCUT2D eigenvalue weighted by Gasteiger charge is 2.48. The molecule has 0 aliphatic carbocycles. The third kappa shape index (κ3) is 24.5. The number of quaternary nitrogens is 4. The fourth-order valence-electron chi connectivity index (χ4n) is 7.42. The number of ether oxygens (including phenoxy) is 2. The average Bonchev–Trinajstić information content (AvgIpc) is 3.95. The van der Waals surface area contributed by atoms with Crippen molar-refractivity contribution in [3.05, 3.63) is 83.9 Å². The van der Waals surface area contributed by atoms with Crippen molar-refractivity contribution in [2.45, 2.75) is 108 Å². The summed E-state index contributed by atoms with van der Waals surface area (Å²) in [6, 6.07) is 13.7. The van der Waals surface area contributed by atoms with Gasteiger partial charge in [0.2, 0.25) is 0 Å². The van der Waals surface area contributed by atoms with E-state index in [0.717, 1.165) is 12.7 Å². The highest BCUT2D eigenvalue weighted by Crippen LogP contribution is 2.60. The molecule has 2 aromatic carbocycles. The number of aliphatic hydroxyl groups is 1. The topological polar surface area (TPSA) is 331 Å². The molecule has 2 aromatic heterocycles. The minimum atomic E-state index is -6.26. The lowest BCUT2D eigenvalue weighted by atomic mass is 10.0. The van der Waals surface area contributed by atoms with E-state index in [-0.39, 0.29) is 33.9 Å². The van der Waals surface area contributed by atoms with Crippen LogP contribution < -0.4 is 44.9 Å². The number of fused-ring (bicyclic) bond motifs is 1. The summed E-state index contributed by atoms with van der Waals surface area (Å²) >= 11 is 0. The Hall–Kier alpha value is -3.90. The van der Waals surface area contributed by atoms with E-state index >= 15 is 0 Å². The molecule has 0 bridgehead atoms. The van der Waals surface area contributed by atoms with E-state index in [4.69, 9.17) is 15.2 Å². The predicted octanol–water partition coefficient (Wildman–Crippen LogP) is -1.34. The Morgan fingerprint density at radius 2 is 1.05 bits per heavy atom. The van der Waals surface area contributed by atoms with E-state index in [1.165, 1.54) is 107 Å². The van der Waals surface area contributed by atoms with Gasteiger partial charge in [0.05, 0.1) is 105 Å². The smallest absolute Gasteiger partial charge is 0.338 e. The summed E-state index contributed by atoms with van der Waals surface area (Å²) in [5.74, 6) is -1.36. The van der Waals surface area contributed by atoms with Gasteiger partial charge in [0.1, 0.15) is 24.1 Å². The molecule has 1 aliphatic rings. The number of esters is 1. The van der Waals surface area contributed by atoms with Gasteiger partial charge in [-0.05, 0) is 95.2 Å². The summed E-state index contributed by atoms with van der Waals surface area (Å²) in [5, 5.41) is 11.1. The van der Waals surface area contributed by atoms with Gasteiger partial charge in [0.25, 0.3) is 15.6 Å². The van der Waals surface area contributed by atoms with Crippen LogP contribution in [0.3, 0.4) is 0 Å². The summed E-state index contributed by atoms with van der Waals surface area (Å²) < 4.78 is 57.6. The molecule has 426 valence electrons. The number of phosphoric ester groups is 1. The lowest BCUT2D eigenvalue weighted by molar-refractivity contribution is -0.894. The summed E-state index contributed by atoms with van der Waals surface area (Å²) in [5.41, 5.74) is 6.58.